The van der Waals surface area contributed by atoms with E-state index in [2.05, 4.69) is 6.92 Å². The molecule has 0 saturated carbocycles. The van der Waals surface area contributed by atoms with Gasteiger partial charge in [-0.3, -0.25) is 0 Å². The van der Waals surface area contributed by atoms with E-state index in [1.807, 2.05) is 12.1 Å². The van der Waals surface area contributed by atoms with Crippen molar-refractivity contribution >= 4 is 0 Å². The Hall–Kier alpha value is -1.88. The zero-order valence-corrected chi connectivity index (χ0v) is 16.8. The van der Waals surface area contributed by atoms with Crippen LogP contribution in [0.15, 0.2) is 30.3 Å². The molecule has 0 radical (unpaired) electrons. The average molecular weight is 406 g/mol. The number of aryl methyl sites for hydroxylation is 2. The highest BCUT2D eigenvalue weighted by molar-refractivity contribution is 5.67. The first kappa shape index (κ1) is 20.4. The Morgan fingerprint density at radius 3 is 2.45 bits per heavy atom. The smallest absolute Gasteiger partial charge is 0.312 e. The Morgan fingerprint density at radius 2 is 1.79 bits per heavy atom. The van der Waals surface area contributed by atoms with Gasteiger partial charge in [0.15, 0.2) is 11.6 Å². The summed E-state index contributed by atoms with van der Waals surface area (Å²) < 4.78 is 64.0. The van der Waals surface area contributed by atoms with E-state index in [-0.39, 0.29) is 23.5 Å². The molecule has 0 N–H and O–H groups in total. The number of hydrogen-bond donors (Lipinski definition) is 0. The number of alkyl halides is 2. The second-order valence-electron chi connectivity index (χ2n) is 8.31. The van der Waals surface area contributed by atoms with Crippen molar-refractivity contribution in [1.29, 1.82) is 0 Å². The molecule has 5 heteroatoms. The van der Waals surface area contributed by atoms with Crippen LogP contribution in [0.3, 0.4) is 0 Å². The van der Waals surface area contributed by atoms with Crippen molar-refractivity contribution in [2.75, 3.05) is 0 Å². The zero-order chi connectivity index (χ0) is 20.8. The van der Waals surface area contributed by atoms with E-state index in [0.717, 1.165) is 18.4 Å². The summed E-state index contributed by atoms with van der Waals surface area (Å²) >= 11 is 0. The minimum atomic E-state index is -3.32. The average Bonchev–Trinajstić information content (AvgIpc) is 2.70. The molecule has 1 nitrogen and oxygen atoms in total. The monoisotopic (exact) mass is 406 g/mol. The van der Waals surface area contributed by atoms with Gasteiger partial charge in [0.1, 0.15) is 0 Å². The fourth-order valence-corrected chi connectivity index (χ4v) is 4.85. The van der Waals surface area contributed by atoms with Gasteiger partial charge in [-0.2, -0.15) is 8.78 Å². The Morgan fingerprint density at radius 1 is 1.07 bits per heavy atom. The second kappa shape index (κ2) is 7.75. The Labute approximate surface area is 169 Å². The van der Waals surface area contributed by atoms with E-state index in [4.69, 9.17) is 4.74 Å². The van der Waals surface area contributed by atoms with Gasteiger partial charge in [-0.05, 0) is 60.8 Å². The highest BCUT2D eigenvalue weighted by atomic mass is 19.3. The van der Waals surface area contributed by atoms with Crippen molar-refractivity contribution in [2.45, 2.75) is 64.6 Å². The van der Waals surface area contributed by atoms with Crippen LogP contribution in [0.25, 0.3) is 11.1 Å². The van der Waals surface area contributed by atoms with Crippen molar-refractivity contribution in [3.05, 3.63) is 58.7 Å². The Kier molecular flexibility index (Phi) is 5.45. The van der Waals surface area contributed by atoms with Crippen molar-refractivity contribution in [3.63, 3.8) is 0 Å². The third-order valence-corrected chi connectivity index (χ3v) is 6.47. The number of ether oxygens (including phenoxy) is 1. The topological polar surface area (TPSA) is 9.23 Å². The van der Waals surface area contributed by atoms with Crippen LogP contribution in [0, 0.1) is 23.5 Å². The molecule has 156 valence electrons. The maximum absolute atomic E-state index is 15.1. The summed E-state index contributed by atoms with van der Waals surface area (Å²) in [5.41, 5.74) is 2.47. The minimum Gasteiger partial charge on any atom is -0.312 e. The zero-order valence-electron chi connectivity index (χ0n) is 16.8. The van der Waals surface area contributed by atoms with Crippen molar-refractivity contribution in [1.82, 2.24) is 0 Å². The van der Waals surface area contributed by atoms with E-state index < -0.39 is 29.8 Å². The van der Waals surface area contributed by atoms with Gasteiger partial charge < -0.3 is 4.74 Å². The van der Waals surface area contributed by atoms with Gasteiger partial charge in [0.2, 0.25) is 0 Å². The first-order valence-electron chi connectivity index (χ1n) is 10.5. The number of hydrogen-bond acceptors (Lipinski definition) is 1. The lowest BCUT2D eigenvalue weighted by atomic mass is 9.73. The number of fused-ring (bicyclic) bond motifs is 3. The lowest BCUT2D eigenvalue weighted by Gasteiger charge is -2.44. The summed E-state index contributed by atoms with van der Waals surface area (Å²) in [6.07, 6.45) is -0.720. The van der Waals surface area contributed by atoms with Gasteiger partial charge in [0.25, 0.3) is 0 Å². The fourth-order valence-electron chi connectivity index (χ4n) is 4.85. The Balaban J connectivity index is 1.72. The summed E-state index contributed by atoms with van der Waals surface area (Å²) in [7, 11) is 0. The molecule has 1 heterocycles. The van der Waals surface area contributed by atoms with Crippen LogP contribution in [0.4, 0.5) is 17.6 Å². The third-order valence-electron chi connectivity index (χ3n) is 6.47. The van der Waals surface area contributed by atoms with Gasteiger partial charge in [-0.1, -0.05) is 44.5 Å². The largest absolute Gasteiger partial charge is 0.359 e. The Bertz CT molecular complexity index is 891. The molecule has 2 aromatic rings. The van der Waals surface area contributed by atoms with Gasteiger partial charge in [0, 0.05) is 11.1 Å². The standard InChI is InChI=1S/C24H26F4O/c1-3-5-14-6-8-15(9-7-14)19-13-16-10-11-17-12-18(4-2)24(27,28)29-23(17)20(16)22(26)21(19)25/h6-9,13,17-18,23H,3-5,10-12H2,1-2H3. The molecular formula is C24H26F4O. The molecular weight excluding hydrogens is 380 g/mol. The lowest BCUT2D eigenvalue weighted by Crippen LogP contribution is -2.43. The predicted octanol–water partition coefficient (Wildman–Crippen LogP) is 7.23. The first-order chi connectivity index (χ1) is 13.9. The summed E-state index contributed by atoms with van der Waals surface area (Å²) in [4.78, 5) is 0. The van der Waals surface area contributed by atoms with E-state index in [1.54, 1.807) is 25.1 Å². The van der Waals surface area contributed by atoms with Crippen LogP contribution >= 0.6 is 0 Å². The molecule has 3 unspecified atom stereocenters. The van der Waals surface area contributed by atoms with Gasteiger partial charge in [-0.15, -0.1) is 0 Å². The summed E-state index contributed by atoms with van der Waals surface area (Å²) in [6.45, 7) is 3.79. The quantitative estimate of drug-likeness (QED) is 0.487. The molecule has 0 spiro atoms. The highest BCUT2D eigenvalue weighted by Gasteiger charge is 2.52. The predicted molar refractivity (Wildman–Crippen MR) is 105 cm³/mol. The molecule has 1 aliphatic heterocycles. The number of rotatable bonds is 4. The molecule has 29 heavy (non-hydrogen) atoms. The lowest BCUT2D eigenvalue weighted by molar-refractivity contribution is -0.331. The SMILES string of the molecule is CCCc1ccc(-c2cc3c(c(F)c2F)C2OC(F)(F)C(CC)CC2CC3)cc1. The van der Waals surface area contributed by atoms with Crippen molar-refractivity contribution in [3.8, 4) is 11.1 Å². The van der Waals surface area contributed by atoms with E-state index in [0.29, 0.717) is 30.4 Å². The van der Waals surface area contributed by atoms with Crippen LogP contribution in [0.1, 0.15) is 62.3 Å². The van der Waals surface area contributed by atoms with Crippen molar-refractivity contribution < 1.29 is 22.3 Å². The normalized spacial score (nSPS) is 25.4. The molecule has 4 rings (SSSR count). The van der Waals surface area contributed by atoms with Crippen LogP contribution < -0.4 is 0 Å². The fraction of sp³-hybridized carbons (Fsp3) is 0.500. The van der Waals surface area contributed by atoms with Crippen molar-refractivity contribution in [2.24, 2.45) is 11.8 Å². The van der Waals surface area contributed by atoms with Crippen LogP contribution in [-0.4, -0.2) is 6.11 Å². The maximum atomic E-state index is 15.1. The summed E-state index contributed by atoms with van der Waals surface area (Å²) in [5.74, 6) is -3.12. The molecule has 2 aliphatic rings. The van der Waals surface area contributed by atoms with Gasteiger partial charge in [-0.25, -0.2) is 8.78 Å². The van der Waals surface area contributed by atoms with E-state index >= 15 is 8.78 Å². The molecule has 3 atom stereocenters. The molecule has 1 aliphatic carbocycles. The van der Waals surface area contributed by atoms with Crippen LogP contribution in [-0.2, 0) is 17.6 Å². The van der Waals surface area contributed by atoms with Crippen LogP contribution in [0.2, 0.25) is 0 Å². The molecule has 1 saturated heterocycles. The molecule has 0 bridgehead atoms. The minimum absolute atomic E-state index is 0.0145. The van der Waals surface area contributed by atoms with Gasteiger partial charge in [0.05, 0.1) is 12.0 Å². The van der Waals surface area contributed by atoms with E-state index in [1.165, 1.54) is 0 Å². The second-order valence-corrected chi connectivity index (χ2v) is 8.31. The van der Waals surface area contributed by atoms with Crippen LogP contribution in [0.5, 0.6) is 0 Å². The number of halogens is 4. The molecule has 0 aromatic heterocycles. The molecule has 0 amide bonds. The first-order valence-corrected chi connectivity index (χ1v) is 10.5. The number of benzene rings is 2. The molecule has 2 aromatic carbocycles. The van der Waals surface area contributed by atoms with E-state index in [9.17, 15) is 8.78 Å². The van der Waals surface area contributed by atoms with Gasteiger partial charge >= 0.3 is 6.11 Å². The molecule has 1 fully saturated rings. The summed E-state index contributed by atoms with van der Waals surface area (Å²) in [6, 6.07) is 9.03. The maximum Gasteiger partial charge on any atom is 0.359 e. The highest BCUT2D eigenvalue weighted by Crippen LogP contribution is 2.52. The third kappa shape index (κ3) is 3.58. The summed E-state index contributed by atoms with van der Waals surface area (Å²) in [5, 5.41) is 0.